The molecule has 1 amide bonds. The first-order valence-corrected chi connectivity index (χ1v) is 10.7. The molecule has 1 aliphatic heterocycles. The van der Waals surface area contributed by atoms with Gasteiger partial charge in [-0.15, -0.1) is 0 Å². The summed E-state index contributed by atoms with van der Waals surface area (Å²) in [5.41, 5.74) is 2.27. The van der Waals surface area contributed by atoms with Crippen LogP contribution in [0.3, 0.4) is 0 Å². The Morgan fingerprint density at radius 1 is 1.03 bits per heavy atom. The summed E-state index contributed by atoms with van der Waals surface area (Å²) in [6, 6.07) is 13.9. The second kappa shape index (κ2) is 9.88. The van der Waals surface area contributed by atoms with Gasteiger partial charge in [0.05, 0.1) is 12.6 Å². The van der Waals surface area contributed by atoms with Gasteiger partial charge in [-0.25, -0.2) is 0 Å². The van der Waals surface area contributed by atoms with Crippen LogP contribution in [0.2, 0.25) is 0 Å². The number of hydrogen-bond donors (Lipinski definition) is 0. The summed E-state index contributed by atoms with van der Waals surface area (Å²) >= 11 is 0. The number of rotatable bonds is 9. The fraction of sp³-hybridized carbons (Fsp3) is 0.400. The first-order chi connectivity index (χ1) is 14.8. The van der Waals surface area contributed by atoms with E-state index in [9.17, 15) is 14.4 Å². The molecule has 2 aromatic rings. The van der Waals surface area contributed by atoms with Gasteiger partial charge in [0.1, 0.15) is 11.7 Å². The Bertz CT molecular complexity index is 935. The van der Waals surface area contributed by atoms with Crippen LogP contribution in [-0.2, 0) is 9.59 Å². The number of hydrogen-bond acceptors (Lipinski definition) is 5. The monoisotopic (exact) mass is 422 g/mol. The maximum atomic E-state index is 13.4. The van der Waals surface area contributed by atoms with E-state index in [2.05, 4.69) is 0 Å². The number of ether oxygens (including phenoxy) is 1. The zero-order valence-corrected chi connectivity index (χ0v) is 18.6. The molecule has 1 fully saturated rings. The van der Waals surface area contributed by atoms with Gasteiger partial charge in [0.15, 0.2) is 5.78 Å². The minimum absolute atomic E-state index is 0.335. The maximum absolute atomic E-state index is 13.4. The van der Waals surface area contributed by atoms with Crippen molar-refractivity contribution in [2.45, 2.75) is 26.3 Å². The van der Waals surface area contributed by atoms with E-state index in [1.165, 1.54) is 0 Å². The van der Waals surface area contributed by atoms with Crippen LogP contribution in [0.5, 0.6) is 5.75 Å². The van der Waals surface area contributed by atoms with Crippen molar-refractivity contribution in [2.24, 2.45) is 5.92 Å². The van der Waals surface area contributed by atoms with E-state index in [-0.39, 0.29) is 5.78 Å². The van der Waals surface area contributed by atoms with E-state index in [4.69, 9.17) is 4.74 Å². The Morgan fingerprint density at radius 2 is 1.68 bits per heavy atom. The highest BCUT2D eigenvalue weighted by molar-refractivity contribution is 6.44. The quantitative estimate of drug-likeness (QED) is 0.352. The Morgan fingerprint density at radius 3 is 2.26 bits per heavy atom. The molecule has 6 nitrogen and oxygen atoms in total. The zero-order valence-electron chi connectivity index (χ0n) is 18.6. The van der Waals surface area contributed by atoms with Crippen molar-refractivity contribution in [3.05, 3.63) is 65.2 Å². The second-order valence-electron chi connectivity index (χ2n) is 8.24. The molecule has 1 heterocycles. The highest BCUT2D eigenvalue weighted by Gasteiger charge is 2.51. The van der Waals surface area contributed by atoms with Crippen LogP contribution < -0.4 is 4.74 Å². The molecule has 0 bridgehead atoms. The van der Waals surface area contributed by atoms with Crippen LogP contribution >= 0.6 is 0 Å². The van der Waals surface area contributed by atoms with E-state index in [1.54, 1.807) is 29.2 Å². The first-order valence-electron chi connectivity index (χ1n) is 10.7. The maximum Gasteiger partial charge on any atom is 0.291 e. The molecule has 1 saturated heterocycles. The molecule has 0 aliphatic carbocycles. The van der Waals surface area contributed by atoms with E-state index < -0.39 is 23.7 Å². The van der Waals surface area contributed by atoms with Crippen molar-refractivity contribution in [3.63, 3.8) is 0 Å². The molecule has 164 valence electrons. The number of benzene rings is 2. The van der Waals surface area contributed by atoms with Crippen LogP contribution in [0.25, 0.3) is 0 Å². The number of nitrogens with zero attached hydrogens (tertiary/aromatic N) is 2. The summed E-state index contributed by atoms with van der Waals surface area (Å²) in [7, 11) is 3.82. The summed E-state index contributed by atoms with van der Waals surface area (Å²) in [5.74, 6) is -1.94. The third-order valence-corrected chi connectivity index (χ3v) is 5.51. The number of ketones is 2. The van der Waals surface area contributed by atoms with Crippen molar-refractivity contribution < 1.29 is 19.1 Å². The van der Waals surface area contributed by atoms with Gasteiger partial charge in [-0.1, -0.05) is 36.8 Å². The lowest BCUT2D eigenvalue weighted by Crippen LogP contribution is -2.36. The SMILES string of the molecule is CCCOc1ccc(C(=O)C2C(=O)C(=O)N(CCN(C)C)C2c2ccc(C)cc2)cc1. The zero-order chi connectivity index (χ0) is 22.5. The number of Topliss-reactive ketones (excluding diaryl/α,β-unsaturated/α-hetero) is 2. The Labute approximate surface area is 183 Å². The average Bonchev–Trinajstić information content (AvgIpc) is 3.01. The normalized spacial score (nSPS) is 18.7. The minimum Gasteiger partial charge on any atom is -0.494 e. The molecular formula is C25H30N2O4. The molecule has 0 radical (unpaired) electrons. The number of amides is 1. The molecular weight excluding hydrogens is 392 g/mol. The molecule has 0 aromatic heterocycles. The van der Waals surface area contributed by atoms with Crippen LogP contribution in [-0.4, -0.2) is 61.1 Å². The van der Waals surface area contributed by atoms with Gasteiger partial charge in [-0.2, -0.15) is 0 Å². The molecule has 3 rings (SSSR count). The van der Waals surface area contributed by atoms with E-state index >= 15 is 0 Å². The van der Waals surface area contributed by atoms with Gasteiger partial charge in [-0.05, 0) is 57.3 Å². The lowest BCUT2D eigenvalue weighted by Gasteiger charge is -2.28. The number of carbonyl (C=O) groups is 3. The molecule has 1 aliphatic rings. The molecule has 0 saturated carbocycles. The highest BCUT2D eigenvalue weighted by atomic mass is 16.5. The molecule has 31 heavy (non-hydrogen) atoms. The summed E-state index contributed by atoms with van der Waals surface area (Å²) in [5, 5.41) is 0. The Kier molecular flexibility index (Phi) is 7.23. The number of aryl methyl sites for hydroxylation is 1. The lowest BCUT2D eigenvalue weighted by molar-refractivity contribution is -0.140. The first kappa shape index (κ1) is 22.7. The fourth-order valence-electron chi connectivity index (χ4n) is 3.79. The third-order valence-electron chi connectivity index (χ3n) is 5.51. The molecule has 0 spiro atoms. The fourth-order valence-corrected chi connectivity index (χ4v) is 3.79. The van der Waals surface area contributed by atoms with E-state index in [1.807, 2.05) is 57.1 Å². The second-order valence-corrected chi connectivity index (χ2v) is 8.24. The van der Waals surface area contributed by atoms with Crippen molar-refractivity contribution in [2.75, 3.05) is 33.8 Å². The summed E-state index contributed by atoms with van der Waals surface area (Å²) in [4.78, 5) is 42.8. The van der Waals surface area contributed by atoms with Gasteiger partial charge < -0.3 is 14.5 Å². The summed E-state index contributed by atoms with van der Waals surface area (Å²) in [6.07, 6.45) is 0.889. The standard InChI is InChI=1S/C25H30N2O4/c1-5-16-31-20-12-10-19(11-13-20)23(28)21-22(18-8-6-17(2)7-9-18)27(15-14-26(3)4)25(30)24(21)29/h6-13,21-22H,5,14-16H2,1-4H3. The summed E-state index contributed by atoms with van der Waals surface area (Å²) < 4.78 is 5.58. The van der Waals surface area contributed by atoms with Gasteiger partial charge in [0.25, 0.3) is 5.91 Å². The summed E-state index contributed by atoms with van der Waals surface area (Å²) in [6.45, 7) is 5.58. The Balaban J connectivity index is 1.94. The van der Waals surface area contributed by atoms with E-state index in [0.717, 1.165) is 17.5 Å². The molecule has 2 unspecified atom stereocenters. The number of carbonyl (C=O) groups excluding carboxylic acids is 3. The number of likely N-dealkylation sites (tertiary alicyclic amines) is 1. The van der Waals surface area contributed by atoms with Crippen LogP contribution in [0.1, 0.15) is 40.9 Å². The van der Waals surface area contributed by atoms with Gasteiger partial charge in [0.2, 0.25) is 5.78 Å². The van der Waals surface area contributed by atoms with Crippen molar-refractivity contribution in [1.82, 2.24) is 9.80 Å². The van der Waals surface area contributed by atoms with Crippen molar-refractivity contribution in [3.8, 4) is 5.75 Å². The highest BCUT2D eigenvalue weighted by Crippen LogP contribution is 2.38. The minimum atomic E-state index is -1.06. The molecule has 6 heteroatoms. The lowest BCUT2D eigenvalue weighted by atomic mass is 9.86. The van der Waals surface area contributed by atoms with Gasteiger partial charge >= 0.3 is 0 Å². The smallest absolute Gasteiger partial charge is 0.291 e. The van der Waals surface area contributed by atoms with Crippen LogP contribution in [0, 0.1) is 12.8 Å². The third kappa shape index (κ3) is 5.02. The predicted molar refractivity (Wildman–Crippen MR) is 119 cm³/mol. The van der Waals surface area contributed by atoms with Crippen molar-refractivity contribution in [1.29, 1.82) is 0 Å². The van der Waals surface area contributed by atoms with Gasteiger partial charge in [-0.3, -0.25) is 14.4 Å². The molecule has 0 N–H and O–H groups in total. The van der Waals surface area contributed by atoms with Crippen LogP contribution in [0.15, 0.2) is 48.5 Å². The largest absolute Gasteiger partial charge is 0.494 e. The topological polar surface area (TPSA) is 66.9 Å². The van der Waals surface area contributed by atoms with Crippen molar-refractivity contribution >= 4 is 17.5 Å². The molecule has 2 aromatic carbocycles. The predicted octanol–water partition coefficient (Wildman–Crippen LogP) is 3.30. The van der Waals surface area contributed by atoms with Crippen LogP contribution in [0.4, 0.5) is 0 Å². The number of likely N-dealkylation sites (N-methyl/N-ethyl adjacent to an activating group) is 1. The van der Waals surface area contributed by atoms with E-state index in [0.29, 0.717) is 31.0 Å². The molecule has 2 atom stereocenters. The average molecular weight is 423 g/mol. The van der Waals surface area contributed by atoms with Gasteiger partial charge in [0, 0.05) is 18.7 Å². The Hall–Kier alpha value is -2.99.